The number of carbonyl (C=O) groups excluding carboxylic acids is 2. The highest BCUT2D eigenvalue weighted by Gasteiger charge is 2.39. The van der Waals surface area contributed by atoms with Gasteiger partial charge < -0.3 is 14.7 Å². The molecule has 13 heteroatoms. The van der Waals surface area contributed by atoms with Crippen LogP contribution in [0.1, 0.15) is 54.6 Å². The molecule has 2 atom stereocenters. The van der Waals surface area contributed by atoms with Crippen molar-refractivity contribution < 1.29 is 40.3 Å². The zero-order chi connectivity index (χ0) is 28.6. The summed E-state index contributed by atoms with van der Waals surface area (Å²) in [4.78, 5) is 29.8. The fourth-order valence-electron chi connectivity index (χ4n) is 4.31. The highest BCUT2D eigenvalue weighted by Crippen LogP contribution is 2.39. The van der Waals surface area contributed by atoms with Crippen LogP contribution in [0.2, 0.25) is 5.02 Å². The molecule has 3 amide bonds. The van der Waals surface area contributed by atoms with E-state index in [1.54, 1.807) is 6.92 Å². The molecule has 0 spiro atoms. The van der Waals surface area contributed by atoms with Crippen LogP contribution in [-0.2, 0) is 17.1 Å². The van der Waals surface area contributed by atoms with Gasteiger partial charge >= 0.3 is 18.4 Å². The van der Waals surface area contributed by atoms with Crippen LogP contribution in [-0.4, -0.2) is 53.3 Å². The summed E-state index contributed by atoms with van der Waals surface area (Å²) in [5.74, 6) is -0.810. The quantitative estimate of drug-likeness (QED) is 0.376. The van der Waals surface area contributed by atoms with Gasteiger partial charge in [0.1, 0.15) is 5.82 Å². The van der Waals surface area contributed by atoms with Gasteiger partial charge in [-0.25, -0.2) is 9.18 Å². The zero-order valence-corrected chi connectivity index (χ0v) is 21.4. The van der Waals surface area contributed by atoms with Crippen LogP contribution in [0.4, 0.5) is 35.5 Å². The topological polar surface area (TPSA) is 43.9 Å². The number of urea groups is 1. The number of hydrogen-bond donors (Lipinski definition) is 0. The Kier molecular flexibility index (Phi) is 8.55. The first-order valence-corrected chi connectivity index (χ1v) is 12.0. The normalized spacial score (nSPS) is 17.4. The largest absolute Gasteiger partial charge is 0.416 e. The van der Waals surface area contributed by atoms with Crippen molar-refractivity contribution in [3.63, 3.8) is 0 Å². The molecule has 0 aliphatic carbocycles. The lowest BCUT2D eigenvalue weighted by molar-refractivity contribution is -0.143. The van der Waals surface area contributed by atoms with Crippen molar-refractivity contribution in [1.29, 1.82) is 0 Å². The number of rotatable bonds is 4. The molecule has 1 fully saturated rings. The minimum Gasteiger partial charge on any atom is -0.339 e. The van der Waals surface area contributed by atoms with E-state index >= 15 is 0 Å². The van der Waals surface area contributed by atoms with E-state index < -0.39 is 47.4 Å². The van der Waals surface area contributed by atoms with Crippen molar-refractivity contribution in [2.75, 3.05) is 26.7 Å². The van der Waals surface area contributed by atoms with E-state index in [0.29, 0.717) is 17.7 Å². The summed E-state index contributed by atoms with van der Waals surface area (Å²) in [5.41, 5.74) is -3.00. The van der Waals surface area contributed by atoms with E-state index in [0.717, 1.165) is 17.0 Å². The van der Waals surface area contributed by atoms with E-state index in [-0.39, 0.29) is 48.6 Å². The molecule has 1 aliphatic rings. The van der Waals surface area contributed by atoms with Crippen LogP contribution in [0.3, 0.4) is 0 Å². The highest BCUT2D eigenvalue weighted by molar-refractivity contribution is 6.31. The standard InChI is InChI=1S/C25H25ClF7N3O2/c1-4-22(37)35-7-8-36(21(13-35)19-6-5-18(27)12-20(19)26)23(38)34(3)14(2)15-9-16(24(28,29)30)11-17(10-15)25(31,32)33/h5-6,9-12,14,21H,4,7-8,13H2,1-3H3/t14?,21-/m1/s1. The van der Waals surface area contributed by atoms with Gasteiger partial charge in [0.05, 0.1) is 23.2 Å². The Balaban J connectivity index is 1.98. The smallest absolute Gasteiger partial charge is 0.339 e. The molecule has 0 N–H and O–H groups in total. The molecule has 0 saturated carbocycles. The van der Waals surface area contributed by atoms with Crippen LogP contribution >= 0.6 is 11.6 Å². The molecule has 2 aromatic rings. The first kappa shape index (κ1) is 29.5. The fourth-order valence-corrected chi connectivity index (χ4v) is 4.61. The predicted octanol–water partition coefficient (Wildman–Crippen LogP) is 6.93. The van der Waals surface area contributed by atoms with Crippen molar-refractivity contribution in [3.8, 4) is 0 Å². The van der Waals surface area contributed by atoms with Gasteiger partial charge in [-0.15, -0.1) is 0 Å². The molecule has 1 unspecified atom stereocenters. The minimum atomic E-state index is -5.04. The van der Waals surface area contributed by atoms with E-state index in [1.165, 1.54) is 29.8 Å². The third kappa shape index (κ3) is 6.33. The fraction of sp³-hybridized carbons (Fsp3) is 0.440. The Bertz CT molecular complexity index is 1170. The lowest BCUT2D eigenvalue weighted by Gasteiger charge is -2.44. The van der Waals surface area contributed by atoms with Gasteiger partial charge in [0.25, 0.3) is 0 Å². The molecule has 0 bridgehead atoms. The average molecular weight is 568 g/mol. The Morgan fingerprint density at radius 1 is 1.03 bits per heavy atom. The van der Waals surface area contributed by atoms with Gasteiger partial charge in [-0.05, 0) is 48.4 Å². The summed E-state index contributed by atoms with van der Waals surface area (Å²) < 4.78 is 93.8. The SMILES string of the molecule is CCC(=O)N1CCN(C(=O)N(C)C(C)c2cc(C(F)(F)F)cc(C(F)(F)F)c2)[C@@H](c2ccc(F)cc2Cl)C1. The number of nitrogens with zero attached hydrogens (tertiary/aromatic N) is 3. The molecular formula is C25H25ClF7N3O2. The molecule has 2 aromatic carbocycles. The summed E-state index contributed by atoms with van der Waals surface area (Å²) >= 11 is 6.24. The van der Waals surface area contributed by atoms with E-state index in [1.807, 2.05) is 0 Å². The number of amides is 3. The Morgan fingerprint density at radius 2 is 1.61 bits per heavy atom. The maximum Gasteiger partial charge on any atom is 0.416 e. The predicted molar refractivity (Wildman–Crippen MR) is 126 cm³/mol. The van der Waals surface area contributed by atoms with E-state index in [2.05, 4.69) is 0 Å². The van der Waals surface area contributed by atoms with Crippen molar-refractivity contribution in [2.45, 2.75) is 44.7 Å². The maximum atomic E-state index is 13.7. The number of hydrogen-bond acceptors (Lipinski definition) is 2. The Morgan fingerprint density at radius 3 is 2.11 bits per heavy atom. The van der Waals surface area contributed by atoms with Gasteiger partial charge in [-0.2, -0.15) is 26.3 Å². The van der Waals surface area contributed by atoms with E-state index in [4.69, 9.17) is 11.6 Å². The number of carbonyl (C=O) groups is 2. The van der Waals surface area contributed by atoms with Gasteiger partial charge in [0, 0.05) is 38.1 Å². The van der Waals surface area contributed by atoms with Crippen LogP contribution < -0.4 is 0 Å². The van der Waals surface area contributed by atoms with Gasteiger partial charge in [-0.3, -0.25) is 4.79 Å². The van der Waals surface area contributed by atoms with Crippen LogP contribution in [0.15, 0.2) is 36.4 Å². The number of halogens is 8. The lowest BCUT2D eigenvalue weighted by atomic mass is 9.99. The van der Waals surface area contributed by atoms with Crippen LogP contribution in [0, 0.1) is 5.82 Å². The number of benzene rings is 2. The number of piperazine rings is 1. The molecule has 208 valence electrons. The summed E-state index contributed by atoms with van der Waals surface area (Å²) in [7, 11) is 1.26. The van der Waals surface area contributed by atoms with Crippen LogP contribution in [0.25, 0.3) is 0 Å². The van der Waals surface area contributed by atoms with Crippen molar-refractivity contribution in [1.82, 2.24) is 14.7 Å². The third-order valence-corrected chi connectivity index (χ3v) is 6.91. The molecule has 5 nitrogen and oxygen atoms in total. The monoisotopic (exact) mass is 567 g/mol. The second kappa shape index (κ2) is 11.0. The molecule has 1 heterocycles. The van der Waals surface area contributed by atoms with Gasteiger partial charge in [-0.1, -0.05) is 24.6 Å². The zero-order valence-electron chi connectivity index (χ0n) is 20.6. The summed E-state index contributed by atoms with van der Waals surface area (Å²) in [5, 5.41) is 0.00185. The number of alkyl halides is 6. The van der Waals surface area contributed by atoms with Crippen molar-refractivity contribution >= 4 is 23.5 Å². The van der Waals surface area contributed by atoms with E-state index in [9.17, 15) is 40.3 Å². The summed E-state index contributed by atoms with van der Waals surface area (Å²) in [6.07, 6.45) is -9.87. The third-order valence-electron chi connectivity index (χ3n) is 6.58. The first-order chi connectivity index (χ1) is 17.5. The van der Waals surface area contributed by atoms with Crippen LogP contribution in [0.5, 0.6) is 0 Å². The summed E-state index contributed by atoms with van der Waals surface area (Å²) in [6.45, 7) is 3.16. The molecule has 3 rings (SSSR count). The average Bonchev–Trinajstić information content (AvgIpc) is 2.85. The first-order valence-electron chi connectivity index (χ1n) is 11.6. The Hall–Kier alpha value is -3.02. The second-order valence-electron chi connectivity index (χ2n) is 8.98. The molecule has 38 heavy (non-hydrogen) atoms. The molecule has 1 saturated heterocycles. The minimum absolute atomic E-state index is 0.00185. The summed E-state index contributed by atoms with van der Waals surface area (Å²) in [6, 6.07) is 2.00. The maximum absolute atomic E-state index is 13.7. The Labute approximate surface area is 219 Å². The molecule has 0 aromatic heterocycles. The second-order valence-corrected chi connectivity index (χ2v) is 9.38. The van der Waals surface area contributed by atoms with Crippen molar-refractivity contribution in [2.24, 2.45) is 0 Å². The lowest BCUT2D eigenvalue weighted by Crippen LogP contribution is -2.55. The van der Waals surface area contributed by atoms with Gasteiger partial charge in [0.15, 0.2) is 0 Å². The molecule has 0 radical (unpaired) electrons. The highest BCUT2D eigenvalue weighted by atomic mass is 35.5. The van der Waals surface area contributed by atoms with Gasteiger partial charge in [0.2, 0.25) is 5.91 Å². The molecule has 1 aliphatic heterocycles. The molecular weight excluding hydrogens is 543 g/mol. The van der Waals surface area contributed by atoms with Crippen molar-refractivity contribution in [3.05, 3.63) is 69.5 Å².